The summed E-state index contributed by atoms with van der Waals surface area (Å²) in [5.41, 5.74) is 4.00. The molecule has 2 nitrogen and oxygen atoms in total. The third-order valence-corrected chi connectivity index (χ3v) is 3.88. The Morgan fingerprint density at radius 1 is 1.28 bits per heavy atom. The van der Waals surface area contributed by atoms with Crippen molar-refractivity contribution in [1.29, 1.82) is 0 Å². The van der Waals surface area contributed by atoms with E-state index >= 15 is 0 Å². The zero-order valence-corrected chi connectivity index (χ0v) is 11.8. The molecule has 1 saturated heterocycles. The van der Waals surface area contributed by atoms with E-state index in [-0.39, 0.29) is 5.91 Å². The number of hydrogen-bond acceptors (Lipinski definition) is 1. The Bertz CT molecular complexity index is 430. The van der Waals surface area contributed by atoms with Crippen LogP contribution in [0.15, 0.2) is 18.2 Å². The Kier molecular flexibility index (Phi) is 3.74. The summed E-state index contributed by atoms with van der Waals surface area (Å²) >= 11 is 0. The molecule has 0 spiro atoms. The number of hydrogen-bond donors (Lipinski definition) is 1. The van der Waals surface area contributed by atoms with Gasteiger partial charge in [-0.05, 0) is 42.9 Å². The molecule has 0 aliphatic carbocycles. The van der Waals surface area contributed by atoms with E-state index in [4.69, 9.17) is 0 Å². The maximum absolute atomic E-state index is 11.7. The van der Waals surface area contributed by atoms with Crippen molar-refractivity contribution in [2.24, 2.45) is 5.92 Å². The van der Waals surface area contributed by atoms with E-state index in [1.807, 2.05) is 0 Å². The minimum absolute atomic E-state index is 0.202. The van der Waals surface area contributed by atoms with Crippen molar-refractivity contribution in [3.63, 3.8) is 0 Å². The second-order valence-corrected chi connectivity index (χ2v) is 5.92. The number of aryl methyl sites for hydroxylation is 2. The highest BCUT2D eigenvalue weighted by Crippen LogP contribution is 2.35. The number of carbonyl (C=O) groups is 1. The van der Waals surface area contributed by atoms with E-state index < -0.39 is 0 Å². The van der Waals surface area contributed by atoms with Gasteiger partial charge in [-0.3, -0.25) is 4.79 Å². The highest BCUT2D eigenvalue weighted by Gasteiger charge is 2.35. The van der Waals surface area contributed by atoms with Gasteiger partial charge in [-0.1, -0.05) is 32.0 Å². The molecule has 2 rings (SSSR count). The molecule has 0 aromatic heterocycles. The molecule has 1 amide bonds. The summed E-state index contributed by atoms with van der Waals surface area (Å²) in [6.45, 7) is 8.73. The van der Waals surface area contributed by atoms with Gasteiger partial charge in [0.25, 0.3) is 0 Å². The molecule has 1 aliphatic rings. The highest BCUT2D eigenvalue weighted by molar-refractivity contribution is 5.80. The Hall–Kier alpha value is -1.31. The molecule has 1 N–H and O–H groups in total. The van der Waals surface area contributed by atoms with Crippen LogP contribution in [-0.4, -0.2) is 11.9 Å². The number of benzene rings is 1. The molecule has 1 fully saturated rings. The van der Waals surface area contributed by atoms with Crippen LogP contribution in [0.5, 0.6) is 0 Å². The van der Waals surface area contributed by atoms with Crippen molar-refractivity contribution in [3.05, 3.63) is 34.9 Å². The first-order valence-corrected chi connectivity index (χ1v) is 6.84. The molecule has 98 valence electrons. The second-order valence-electron chi connectivity index (χ2n) is 5.92. The minimum Gasteiger partial charge on any atom is -0.353 e. The van der Waals surface area contributed by atoms with Gasteiger partial charge in [-0.15, -0.1) is 0 Å². The van der Waals surface area contributed by atoms with Crippen LogP contribution < -0.4 is 5.32 Å². The SMILES string of the molecule is Cc1cccc(C)c1C1CC(=O)NC1CC(C)C. The molecule has 1 aliphatic heterocycles. The van der Waals surface area contributed by atoms with Gasteiger partial charge in [0.1, 0.15) is 0 Å². The Morgan fingerprint density at radius 3 is 2.44 bits per heavy atom. The highest BCUT2D eigenvalue weighted by atomic mass is 16.2. The summed E-state index contributed by atoms with van der Waals surface area (Å²) in [5, 5.41) is 3.15. The van der Waals surface area contributed by atoms with Gasteiger partial charge < -0.3 is 5.32 Å². The van der Waals surface area contributed by atoms with E-state index in [0.717, 1.165) is 6.42 Å². The van der Waals surface area contributed by atoms with Gasteiger partial charge >= 0.3 is 0 Å². The van der Waals surface area contributed by atoms with Gasteiger partial charge in [-0.25, -0.2) is 0 Å². The smallest absolute Gasteiger partial charge is 0.220 e. The van der Waals surface area contributed by atoms with E-state index in [1.54, 1.807) is 0 Å². The van der Waals surface area contributed by atoms with Crippen LogP contribution in [0.25, 0.3) is 0 Å². The number of nitrogens with one attached hydrogen (secondary N) is 1. The average molecular weight is 245 g/mol. The largest absolute Gasteiger partial charge is 0.353 e. The summed E-state index contributed by atoms with van der Waals surface area (Å²) in [6, 6.07) is 6.70. The Labute approximate surface area is 110 Å². The van der Waals surface area contributed by atoms with Crippen LogP contribution in [0.3, 0.4) is 0 Å². The normalized spacial score (nSPS) is 23.5. The number of amides is 1. The van der Waals surface area contributed by atoms with E-state index in [0.29, 0.717) is 24.3 Å². The number of rotatable bonds is 3. The fourth-order valence-electron chi connectivity index (χ4n) is 3.15. The third-order valence-electron chi connectivity index (χ3n) is 3.88. The molecule has 0 radical (unpaired) electrons. The molecule has 18 heavy (non-hydrogen) atoms. The molecular formula is C16H23NO. The van der Waals surface area contributed by atoms with Gasteiger partial charge in [0.2, 0.25) is 5.91 Å². The lowest BCUT2D eigenvalue weighted by Gasteiger charge is -2.24. The van der Waals surface area contributed by atoms with Gasteiger partial charge in [0, 0.05) is 18.4 Å². The molecule has 2 unspecified atom stereocenters. The molecule has 2 atom stereocenters. The van der Waals surface area contributed by atoms with Crippen molar-refractivity contribution in [1.82, 2.24) is 5.32 Å². The predicted octanol–water partition coefficient (Wildman–Crippen LogP) is 3.32. The number of carbonyl (C=O) groups excluding carboxylic acids is 1. The lowest BCUT2D eigenvalue weighted by atomic mass is 9.83. The molecule has 2 heteroatoms. The maximum Gasteiger partial charge on any atom is 0.220 e. The molecule has 0 bridgehead atoms. The van der Waals surface area contributed by atoms with Crippen LogP contribution in [0.1, 0.15) is 49.3 Å². The van der Waals surface area contributed by atoms with Crippen molar-refractivity contribution in [2.45, 2.75) is 52.5 Å². The lowest BCUT2D eigenvalue weighted by molar-refractivity contribution is -0.119. The first-order chi connectivity index (χ1) is 8.49. The van der Waals surface area contributed by atoms with Gasteiger partial charge in [0.15, 0.2) is 0 Å². The minimum atomic E-state index is 0.202. The summed E-state index contributed by atoms with van der Waals surface area (Å²) in [4.78, 5) is 11.7. The van der Waals surface area contributed by atoms with Crippen molar-refractivity contribution < 1.29 is 4.79 Å². The standard InChI is InChI=1S/C16H23NO/c1-10(2)8-14-13(9-15(18)17-14)16-11(3)6-5-7-12(16)4/h5-7,10,13-14H,8-9H2,1-4H3,(H,17,18). The monoisotopic (exact) mass is 245 g/mol. The molecular weight excluding hydrogens is 222 g/mol. The van der Waals surface area contributed by atoms with Gasteiger partial charge in [-0.2, -0.15) is 0 Å². The van der Waals surface area contributed by atoms with Crippen LogP contribution in [-0.2, 0) is 4.79 Å². The zero-order valence-electron chi connectivity index (χ0n) is 11.8. The first-order valence-electron chi connectivity index (χ1n) is 6.84. The summed E-state index contributed by atoms with van der Waals surface area (Å²) in [5.74, 6) is 1.16. The first kappa shape index (κ1) is 13.1. The van der Waals surface area contributed by atoms with E-state index in [9.17, 15) is 4.79 Å². The van der Waals surface area contributed by atoms with Crippen LogP contribution in [0.2, 0.25) is 0 Å². The van der Waals surface area contributed by atoms with Crippen LogP contribution >= 0.6 is 0 Å². The second kappa shape index (κ2) is 5.13. The Balaban J connectivity index is 2.32. The van der Waals surface area contributed by atoms with Crippen molar-refractivity contribution in [3.8, 4) is 0 Å². The molecule has 1 aromatic rings. The fraction of sp³-hybridized carbons (Fsp3) is 0.562. The predicted molar refractivity (Wildman–Crippen MR) is 74.7 cm³/mol. The zero-order chi connectivity index (χ0) is 13.3. The fourth-order valence-corrected chi connectivity index (χ4v) is 3.15. The lowest BCUT2D eigenvalue weighted by Crippen LogP contribution is -2.30. The van der Waals surface area contributed by atoms with E-state index in [2.05, 4.69) is 51.2 Å². The van der Waals surface area contributed by atoms with Gasteiger partial charge in [0.05, 0.1) is 0 Å². The maximum atomic E-state index is 11.7. The Morgan fingerprint density at radius 2 is 1.89 bits per heavy atom. The van der Waals surface area contributed by atoms with Crippen LogP contribution in [0, 0.1) is 19.8 Å². The van der Waals surface area contributed by atoms with E-state index in [1.165, 1.54) is 16.7 Å². The van der Waals surface area contributed by atoms with Crippen molar-refractivity contribution >= 4 is 5.91 Å². The third kappa shape index (κ3) is 2.58. The molecule has 0 saturated carbocycles. The molecule has 1 heterocycles. The summed E-state index contributed by atoms with van der Waals surface area (Å²) in [6.07, 6.45) is 1.70. The quantitative estimate of drug-likeness (QED) is 0.869. The topological polar surface area (TPSA) is 29.1 Å². The summed E-state index contributed by atoms with van der Waals surface area (Å²) in [7, 11) is 0. The van der Waals surface area contributed by atoms with Crippen molar-refractivity contribution in [2.75, 3.05) is 0 Å². The van der Waals surface area contributed by atoms with Crippen LogP contribution in [0.4, 0.5) is 0 Å². The average Bonchev–Trinajstić information content (AvgIpc) is 2.58. The molecule has 1 aromatic carbocycles. The summed E-state index contributed by atoms with van der Waals surface area (Å²) < 4.78 is 0.